The predicted octanol–water partition coefficient (Wildman–Crippen LogP) is 1.51. The molecule has 136 valence electrons. The molecule has 0 saturated carbocycles. The normalized spacial score (nSPS) is 17.0. The third-order valence-electron chi connectivity index (χ3n) is 4.34. The van der Waals surface area contributed by atoms with Crippen molar-refractivity contribution in [1.29, 1.82) is 5.26 Å². The first-order valence-corrected chi connectivity index (χ1v) is 9.62. The van der Waals surface area contributed by atoms with Gasteiger partial charge in [-0.3, -0.25) is 9.48 Å². The largest absolute Gasteiger partial charge is 0.353 e. The van der Waals surface area contributed by atoms with Crippen LogP contribution in [0.1, 0.15) is 34.6 Å². The molecule has 2 aromatic heterocycles. The van der Waals surface area contributed by atoms with Crippen LogP contribution in [-0.2, 0) is 7.05 Å². The molecule has 1 saturated heterocycles. The van der Waals surface area contributed by atoms with E-state index < -0.39 is 0 Å². The third-order valence-corrected chi connectivity index (χ3v) is 4.90. The molecule has 0 spiro atoms. The number of aryl methyl sites for hydroxylation is 2. The molecule has 1 unspecified atom stereocenters. The lowest BCUT2D eigenvalue weighted by atomic mass is 10.0. The van der Waals surface area contributed by atoms with Crippen molar-refractivity contribution in [2.24, 2.45) is 7.05 Å². The molecule has 1 N–H and O–H groups in total. The van der Waals surface area contributed by atoms with Crippen molar-refractivity contribution in [2.45, 2.75) is 31.0 Å². The Morgan fingerprint density at radius 1 is 1.50 bits per heavy atom. The van der Waals surface area contributed by atoms with Crippen LogP contribution in [0.5, 0.6) is 0 Å². The molecule has 26 heavy (non-hydrogen) atoms. The van der Waals surface area contributed by atoms with Gasteiger partial charge in [-0.15, -0.1) is 0 Å². The van der Waals surface area contributed by atoms with Crippen LogP contribution in [0, 0.1) is 18.3 Å². The minimum Gasteiger partial charge on any atom is -0.353 e. The van der Waals surface area contributed by atoms with Gasteiger partial charge in [-0.25, -0.2) is 9.97 Å². The molecule has 3 heterocycles. The summed E-state index contributed by atoms with van der Waals surface area (Å²) in [7, 11) is 1.76. The van der Waals surface area contributed by atoms with Gasteiger partial charge in [0.2, 0.25) is 0 Å². The fraction of sp³-hybridized carbons (Fsp3) is 0.471. The van der Waals surface area contributed by atoms with Crippen LogP contribution in [-0.4, -0.2) is 51.0 Å². The van der Waals surface area contributed by atoms with E-state index in [0.717, 1.165) is 25.1 Å². The summed E-state index contributed by atoms with van der Waals surface area (Å²) in [6.45, 7) is 3.28. The molecule has 0 aliphatic carbocycles. The van der Waals surface area contributed by atoms with Crippen LogP contribution in [0.3, 0.4) is 0 Å². The molecule has 0 aromatic carbocycles. The van der Waals surface area contributed by atoms with E-state index in [1.807, 2.05) is 13.2 Å². The van der Waals surface area contributed by atoms with E-state index in [1.54, 1.807) is 24.0 Å². The standard InChI is InChI=1S/C17H21N7OS/c1-11-7-14(23(2)22-11)16(25)20-13-5-4-6-24(10-13)15-12(8-18)9-19-17(21-15)26-3/h7,9,13H,4-6,10H2,1-3H3,(H,20,25). The second kappa shape index (κ2) is 7.74. The molecule has 1 atom stereocenters. The Morgan fingerprint density at radius 3 is 2.96 bits per heavy atom. The molecular formula is C17H21N7OS. The van der Waals surface area contributed by atoms with Gasteiger partial charge in [-0.2, -0.15) is 10.4 Å². The maximum Gasteiger partial charge on any atom is 0.269 e. The number of thioether (sulfide) groups is 1. The van der Waals surface area contributed by atoms with Gasteiger partial charge in [0.1, 0.15) is 17.3 Å². The molecule has 1 aliphatic heterocycles. The minimum atomic E-state index is -0.132. The summed E-state index contributed by atoms with van der Waals surface area (Å²) in [5.74, 6) is 0.509. The fourth-order valence-corrected chi connectivity index (χ4v) is 3.48. The van der Waals surface area contributed by atoms with Crippen molar-refractivity contribution in [3.05, 3.63) is 29.2 Å². The van der Waals surface area contributed by atoms with Crippen LogP contribution in [0.15, 0.2) is 17.4 Å². The van der Waals surface area contributed by atoms with Crippen LogP contribution in [0.25, 0.3) is 0 Å². The average Bonchev–Trinajstić information content (AvgIpc) is 2.99. The maximum atomic E-state index is 12.5. The molecule has 1 fully saturated rings. The minimum absolute atomic E-state index is 0.00862. The molecule has 2 aromatic rings. The van der Waals surface area contributed by atoms with Gasteiger partial charge in [0.05, 0.1) is 11.9 Å². The monoisotopic (exact) mass is 371 g/mol. The summed E-state index contributed by atoms with van der Waals surface area (Å²) in [6.07, 6.45) is 5.27. The number of amides is 1. The van der Waals surface area contributed by atoms with Gasteiger partial charge in [-0.1, -0.05) is 11.8 Å². The van der Waals surface area contributed by atoms with E-state index in [9.17, 15) is 10.1 Å². The zero-order valence-electron chi connectivity index (χ0n) is 15.1. The Kier molecular flexibility index (Phi) is 5.42. The Labute approximate surface area is 156 Å². The summed E-state index contributed by atoms with van der Waals surface area (Å²) in [6, 6.07) is 3.93. The van der Waals surface area contributed by atoms with Crippen LogP contribution in [0.4, 0.5) is 5.82 Å². The van der Waals surface area contributed by atoms with Crippen molar-refractivity contribution in [3.63, 3.8) is 0 Å². The van der Waals surface area contributed by atoms with Gasteiger partial charge < -0.3 is 10.2 Å². The maximum absolute atomic E-state index is 12.5. The molecule has 3 rings (SSSR count). The van der Waals surface area contributed by atoms with E-state index in [-0.39, 0.29) is 11.9 Å². The molecular weight excluding hydrogens is 350 g/mol. The highest BCUT2D eigenvalue weighted by molar-refractivity contribution is 7.98. The molecule has 0 radical (unpaired) electrons. The van der Waals surface area contributed by atoms with E-state index in [4.69, 9.17) is 0 Å². The number of rotatable bonds is 4. The second-order valence-corrected chi connectivity index (χ2v) is 7.03. The highest BCUT2D eigenvalue weighted by atomic mass is 32.2. The number of hydrogen-bond donors (Lipinski definition) is 1. The number of hydrogen-bond acceptors (Lipinski definition) is 7. The predicted molar refractivity (Wildman–Crippen MR) is 99.2 cm³/mol. The number of carbonyl (C=O) groups is 1. The number of aromatic nitrogens is 4. The highest BCUT2D eigenvalue weighted by Gasteiger charge is 2.25. The third kappa shape index (κ3) is 3.80. The first kappa shape index (κ1) is 18.2. The average molecular weight is 371 g/mol. The summed E-state index contributed by atoms with van der Waals surface area (Å²) < 4.78 is 1.59. The lowest BCUT2D eigenvalue weighted by Gasteiger charge is -2.34. The molecule has 1 aliphatic rings. The number of nitrogens with one attached hydrogen (secondary N) is 1. The second-order valence-electron chi connectivity index (χ2n) is 6.26. The summed E-state index contributed by atoms with van der Waals surface area (Å²) in [4.78, 5) is 23.3. The Hall–Kier alpha value is -2.60. The van der Waals surface area contributed by atoms with Gasteiger partial charge in [-0.05, 0) is 32.1 Å². The Balaban J connectivity index is 1.75. The van der Waals surface area contributed by atoms with Gasteiger partial charge >= 0.3 is 0 Å². The number of nitriles is 1. The quantitative estimate of drug-likeness (QED) is 0.642. The molecule has 8 nitrogen and oxygen atoms in total. The zero-order valence-corrected chi connectivity index (χ0v) is 15.9. The van der Waals surface area contributed by atoms with Crippen molar-refractivity contribution in [3.8, 4) is 6.07 Å². The van der Waals surface area contributed by atoms with Crippen LogP contribution >= 0.6 is 11.8 Å². The van der Waals surface area contributed by atoms with Gasteiger partial charge in [0.25, 0.3) is 5.91 Å². The van der Waals surface area contributed by atoms with E-state index in [1.165, 1.54) is 11.8 Å². The SMILES string of the molecule is CSc1ncc(C#N)c(N2CCCC(NC(=O)c3cc(C)nn3C)C2)n1. The molecule has 9 heteroatoms. The van der Waals surface area contributed by atoms with Crippen LogP contribution in [0.2, 0.25) is 0 Å². The fourth-order valence-electron chi connectivity index (χ4n) is 3.15. The van der Waals surface area contributed by atoms with E-state index in [0.29, 0.717) is 28.8 Å². The van der Waals surface area contributed by atoms with Crippen molar-refractivity contribution in [1.82, 2.24) is 25.1 Å². The van der Waals surface area contributed by atoms with E-state index in [2.05, 4.69) is 31.4 Å². The number of carbonyl (C=O) groups excluding carboxylic acids is 1. The first-order valence-electron chi connectivity index (χ1n) is 8.39. The Morgan fingerprint density at radius 2 is 2.31 bits per heavy atom. The number of anilines is 1. The zero-order chi connectivity index (χ0) is 18.7. The van der Waals surface area contributed by atoms with E-state index >= 15 is 0 Å². The van der Waals surface area contributed by atoms with Gasteiger partial charge in [0.15, 0.2) is 11.0 Å². The molecule has 1 amide bonds. The van der Waals surface area contributed by atoms with Crippen molar-refractivity contribution in [2.75, 3.05) is 24.2 Å². The topological polar surface area (TPSA) is 99.7 Å². The number of piperidine rings is 1. The summed E-state index contributed by atoms with van der Waals surface area (Å²) >= 11 is 1.44. The van der Waals surface area contributed by atoms with Crippen molar-refractivity contribution >= 4 is 23.5 Å². The lowest BCUT2D eigenvalue weighted by molar-refractivity contribution is 0.0923. The highest BCUT2D eigenvalue weighted by Crippen LogP contribution is 2.23. The van der Waals surface area contributed by atoms with Crippen LogP contribution < -0.4 is 10.2 Å². The smallest absolute Gasteiger partial charge is 0.269 e. The lowest BCUT2D eigenvalue weighted by Crippen LogP contribution is -2.48. The van der Waals surface area contributed by atoms with Gasteiger partial charge in [0, 0.05) is 26.2 Å². The Bertz CT molecular complexity index is 857. The first-order chi connectivity index (χ1) is 12.5. The summed E-state index contributed by atoms with van der Waals surface area (Å²) in [5.41, 5.74) is 1.81. The molecule has 0 bridgehead atoms. The van der Waals surface area contributed by atoms with Crippen molar-refractivity contribution < 1.29 is 4.79 Å². The number of nitrogens with zero attached hydrogens (tertiary/aromatic N) is 6. The summed E-state index contributed by atoms with van der Waals surface area (Å²) in [5, 5.41) is 17.3.